The lowest BCUT2D eigenvalue weighted by molar-refractivity contribution is -0.115. The zero-order valence-corrected chi connectivity index (χ0v) is 13.1. The molecule has 0 radical (unpaired) electrons. The van der Waals surface area contributed by atoms with Gasteiger partial charge in [0.25, 0.3) is 0 Å². The molecule has 0 aliphatic carbocycles. The van der Waals surface area contributed by atoms with Crippen molar-refractivity contribution >= 4 is 28.9 Å². The van der Waals surface area contributed by atoms with Crippen molar-refractivity contribution in [2.45, 2.75) is 6.92 Å². The van der Waals surface area contributed by atoms with E-state index in [0.717, 1.165) is 5.69 Å². The standard InChI is InChI=1S/C17H19N3O3/c1-12(21)19-14-8-9-16(23-2)15(10-14)18-11-17(22)20-13-6-4-3-5-7-13/h3-10,18H,11H2,1-2H3,(H,19,21)(H,20,22). The van der Waals surface area contributed by atoms with Gasteiger partial charge in [-0.05, 0) is 30.3 Å². The topological polar surface area (TPSA) is 79.5 Å². The summed E-state index contributed by atoms with van der Waals surface area (Å²) in [5, 5.41) is 8.48. The van der Waals surface area contributed by atoms with Crippen molar-refractivity contribution in [1.82, 2.24) is 0 Å². The first kappa shape index (κ1) is 16.4. The molecule has 0 saturated carbocycles. The highest BCUT2D eigenvalue weighted by molar-refractivity contribution is 5.94. The largest absolute Gasteiger partial charge is 0.495 e. The summed E-state index contributed by atoms with van der Waals surface area (Å²) in [6, 6.07) is 14.4. The van der Waals surface area contributed by atoms with Crippen LogP contribution in [0, 0.1) is 0 Å². The van der Waals surface area contributed by atoms with Crippen LogP contribution in [-0.4, -0.2) is 25.5 Å². The summed E-state index contributed by atoms with van der Waals surface area (Å²) >= 11 is 0. The van der Waals surface area contributed by atoms with E-state index in [1.54, 1.807) is 25.3 Å². The van der Waals surface area contributed by atoms with Gasteiger partial charge in [0.05, 0.1) is 19.3 Å². The maximum Gasteiger partial charge on any atom is 0.243 e. The highest BCUT2D eigenvalue weighted by atomic mass is 16.5. The molecule has 2 aromatic carbocycles. The Bertz CT molecular complexity index is 687. The molecular weight excluding hydrogens is 294 g/mol. The number of nitrogens with one attached hydrogen (secondary N) is 3. The van der Waals surface area contributed by atoms with Crippen LogP contribution in [0.15, 0.2) is 48.5 Å². The normalized spacial score (nSPS) is 9.83. The Morgan fingerprint density at radius 3 is 2.39 bits per heavy atom. The summed E-state index contributed by atoms with van der Waals surface area (Å²) < 4.78 is 5.25. The van der Waals surface area contributed by atoms with Gasteiger partial charge in [-0.15, -0.1) is 0 Å². The smallest absolute Gasteiger partial charge is 0.243 e. The Balaban J connectivity index is 2.00. The molecule has 0 spiro atoms. The second-order valence-corrected chi connectivity index (χ2v) is 4.86. The molecule has 23 heavy (non-hydrogen) atoms. The molecule has 2 amide bonds. The third-order valence-electron chi connectivity index (χ3n) is 3.02. The quantitative estimate of drug-likeness (QED) is 0.766. The van der Waals surface area contributed by atoms with Gasteiger partial charge in [-0.1, -0.05) is 18.2 Å². The fourth-order valence-corrected chi connectivity index (χ4v) is 2.03. The second kappa shape index (κ2) is 7.84. The molecule has 120 valence electrons. The Hall–Kier alpha value is -3.02. The fraction of sp³-hybridized carbons (Fsp3) is 0.176. The van der Waals surface area contributed by atoms with Crippen molar-refractivity contribution in [3.05, 3.63) is 48.5 Å². The van der Waals surface area contributed by atoms with Crippen LogP contribution in [0.5, 0.6) is 5.75 Å². The average molecular weight is 313 g/mol. The molecule has 2 rings (SSSR count). The minimum atomic E-state index is -0.178. The zero-order chi connectivity index (χ0) is 16.7. The van der Waals surface area contributed by atoms with Gasteiger partial charge in [0.1, 0.15) is 5.75 Å². The Labute approximate surface area is 134 Å². The van der Waals surface area contributed by atoms with E-state index in [0.29, 0.717) is 17.1 Å². The van der Waals surface area contributed by atoms with Crippen LogP contribution in [-0.2, 0) is 9.59 Å². The predicted molar refractivity (Wildman–Crippen MR) is 90.9 cm³/mol. The number of para-hydroxylation sites is 1. The van der Waals surface area contributed by atoms with E-state index in [1.165, 1.54) is 6.92 Å². The van der Waals surface area contributed by atoms with Gasteiger partial charge in [0.15, 0.2) is 0 Å². The minimum absolute atomic E-state index is 0.0782. The monoisotopic (exact) mass is 313 g/mol. The van der Waals surface area contributed by atoms with E-state index in [1.807, 2.05) is 30.3 Å². The van der Waals surface area contributed by atoms with Gasteiger partial charge >= 0.3 is 0 Å². The number of hydrogen-bond donors (Lipinski definition) is 3. The molecular formula is C17H19N3O3. The number of carbonyl (C=O) groups is 2. The number of rotatable bonds is 6. The first-order chi connectivity index (χ1) is 11.1. The van der Waals surface area contributed by atoms with Gasteiger partial charge in [0, 0.05) is 18.3 Å². The Morgan fingerprint density at radius 1 is 1.00 bits per heavy atom. The average Bonchev–Trinajstić information content (AvgIpc) is 2.53. The van der Waals surface area contributed by atoms with Crippen molar-refractivity contribution < 1.29 is 14.3 Å². The van der Waals surface area contributed by atoms with Crippen LogP contribution in [0.1, 0.15) is 6.92 Å². The van der Waals surface area contributed by atoms with E-state index in [9.17, 15) is 9.59 Å². The summed E-state index contributed by atoms with van der Waals surface area (Å²) in [6.07, 6.45) is 0. The molecule has 0 fully saturated rings. The summed E-state index contributed by atoms with van der Waals surface area (Å²) in [7, 11) is 1.54. The summed E-state index contributed by atoms with van der Waals surface area (Å²) in [5.41, 5.74) is 1.99. The molecule has 0 aliphatic rings. The van der Waals surface area contributed by atoms with Crippen molar-refractivity contribution in [2.24, 2.45) is 0 Å². The summed E-state index contributed by atoms with van der Waals surface area (Å²) in [6.45, 7) is 1.51. The van der Waals surface area contributed by atoms with Crippen LogP contribution < -0.4 is 20.7 Å². The number of benzene rings is 2. The number of methoxy groups -OCH3 is 1. The maximum atomic E-state index is 12.0. The van der Waals surface area contributed by atoms with Crippen molar-refractivity contribution in [2.75, 3.05) is 29.6 Å². The SMILES string of the molecule is COc1ccc(NC(C)=O)cc1NCC(=O)Nc1ccccc1. The fourth-order valence-electron chi connectivity index (χ4n) is 2.03. The third-order valence-corrected chi connectivity index (χ3v) is 3.02. The lowest BCUT2D eigenvalue weighted by atomic mass is 10.2. The van der Waals surface area contributed by atoms with Crippen LogP contribution in [0.4, 0.5) is 17.1 Å². The van der Waals surface area contributed by atoms with Crippen molar-refractivity contribution in [3.63, 3.8) is 0 Å². The highest BCUT2D eigenvalue weighted by Gasteiger charge is 2.08. The van der Waals surface area contributed by atoms with Crippen LogP contribution in [0.2, 0.25) is 0 Å². The van der Waals surface area contributed by atoms with Gasteiger partial charge in [-0.3, -0.25) is 9.59 Å². The first-order valence-corrected chi connectivity index (χ1v) is 7.13. The number of ether oxygens (including phenoxy) is 1. The predicted octanol–water partition coefficient (Wildman–Crippen LogP) is 2.70. The summed E-state index contributed by atoms with van der Waals surface area (Å²) in [5.74, 6) is 0.248. The maximum absolute atomic E-state index is 12.0. The summed E-state index contributed by atoms with van der Waals surface area (Å²) in [4.78, 5) is 23.1. The molecule has 0 aliphatic heterocycles. The highest BCUT2D eigenvalue weighted by Crippen LogP contribution is 2.27. The van der Waals surface area contributed by atoms with E-state index in [2.05, 4.69) is 16.0 Å². The lowest BCUT2D eigenvalue weighted by Crippen LogP contribution is -2.22. The number of anilines is 3. The van der Waals surface area contributed by atoms with E-state index < -0.39 is 0 Å². The first-order valence-electron chi connectivity index (χ1n) is 7.13. The third kappa shape index (κ3) is 5.03. The lowest BCUT2D eigenvalue weighted by Gasteiger charge is -2.13. The zero-order valence-electron chi connectivity index (χ0n) is 13.1. The molecule has 2 aromatic rings. The van der Waals surface area contributed by atoms with E-state index >= 15 is 0 Å². The Kier molecular flexibility index (Phi) is 5.57. The molecule has 3 N–H and O–H groups in total. The van der Waals surface area contributed by atoms with Gasteiger partial charge in [-0.2, -0.15) is 0 Å². The Morgan fingerprint density at radius 2 is 1.74 bits per heavy atom. The second-order valence-electron chi connectivity index (χ2n) is 4.86. The van der Waals surface area contributed by atoms with E-state index in [4.69, 9.17) is 4.74 Å². The van der Waals surface area contributed by atoms with Crippen LogP contribution >= 0.6 is 0 Å². The van der Waals surface area contributed by atoms with Gasteiger partial charge < -0.3 is 20.7 Å². The number of carbonyl (C=O) groups excluding carboxylic acids is 2. The molecule has 0 bridgehead atoms. The molecule has 0 aromatic heterocycles. The molecule has 0 saturated heterocycles. The van der Waals surface area contributed by atoms with E-state index in [-0.39, 0.29) is 18.4 Å². The van der Waals surface area contributed by atoms with Gasteiger partial charge in [-0.25, -0.2) is 0 Å². The van der Waals surface area contributed by atoms with Crippen molar-refractivity contribution in [1.29, 1.82) is 0 Å². The minimum Gasteiger partial charge on any atom is -0.495 e. The van der Waals surface area contributed by atoms with Crippen molar-refractivity contribution in [3.8, 4) is 5.75 Å². The molecule has 0 heterocycles. The molecule has 6 nitrogen and oxygen atoms in total. The number of amides is 2. The van der Waals surface area contributed by atoms with Crippen LogP contribution in [0.25, 0.3) is 0 Å². The molecule has 6 heteroatoms. The molecule has 0 unspecified atom stereocenters. The van der Waals surface area contributed by atoms with Gasteiger partial charge in [0.2, 0.25) is 11.8 Å². The number of hydrogen-bond acceptors (Lipinski definition) is 4. The van der Waals surface area contributed by atoms with Crippen LogP contribution in [0.3, 0.4) is 0 Å². The molecule has 0 atom stereocenters.